The minimum atomic E-state index is 0.598. The summed E-state index contributed by atoms with van der Waals surface area (Å²) < 4.78 is 2.37. The van der Waals surface area contributed by atoms with Crippen LogP contribution >= 0.6 is 0 Å². The summed E-state index contributed by atoms with van der Waals surface area (Å²) in [5.74, 6) is 0. The molecule has 1 nitrogen and oxygen atoms in total. The highest BCUT2D eigenvalue weighted by Gasteiger charge is 2.21. The summed E-state index contributed by atoms with van der Waals surface area (Å²) in [6.45, 7) is 6.60. The van der Waals surface area contributed by atoms with Gasteiger partial charge in [0.2, 0.25) is 5.71 Å². The summed E-state index contributed by atoms with van der Waals surface area (Å²) in [4.78, 5) is 0. The van der Waals surface area contributed by atoms with Crippen LogP contribution in [0.3, 0.4) is 0 Å². The largest absolute Gasteiger partial charge is 0.229 e. The van der Waals surface area contributed by atoms with Crippen molar-refractivity contribution in [1.29, 1.82) is 0 Å². The molecule has 0 spiro atoms. The van der Waals surface area contributed by atoms with Gasteiger partial charge in [-0.3, -0.25) is 0 Å². The van der Waals surface area contributed by atoms with Gasteiger partial charge in [-0.25, -0.2) is 4.58 Å². The van der Waals surface area contributed by atoms with Gasteiger partial charge < -0.3 is 0 Å². The van der Waals surface area contributed by atoms with Crippen LogP contribution in [-0.2, 0) is 0 Å². The molecule has 0 N–H and O–H groups in total. The third kappa shape index (κ3) is 1.95. The number of hydrogen-bond donors (Lipinski definition) is 0. The third-order valence-corrected chi connectivity index (χ3v) is 3.45. The van der Waals surface area contributed by atoms with E-state index in [1.165, 1.54) is 22.4 Å². The Morgan fingerprint density at radius 3 is 2.69 bits per heavy atom. The first-order chi connectivity index (χ1) is 7.59. The van der Waals surface area contributed by atoms with Crippen molar-refractivity contribution in [1.82, 2.24) is 0 Å². The van der Waals surface area contributed by atoms with Gasteiger partial charge in [0.1, 0.15) is 7.05 Å². The molecule has 0 fully saturated rings. The number of hydrogen-bond acceptors (Lipinski definition) is 0. The molecule has 1 atom stereocenters. The van der Waals surface area contributed by atoms with E-state index in [-0.39, 0.29) is 0 Å². The lowest BCUT2D eigenvalue weighted by Gasteiger charge is -2.15. The average molecular weight is 214 g/mol. The lowest BCUT2D eigenvalue weighted by Crippen LogP contribution is -2.28. The molecule has 84 valence electrons. The molecule has 16 heavy (non-hydrogen) atoms. The molecule has 1 heterocycles. The first-order valence-corrected chi connectivity index (χ1v) is 5.93. The van der Waals surface area contributed by atoms with Crippen molar-refractivity contribution in [2.24, 2.45) is 0 Å². The highest BCUT2D eigenvalue weighted by atomic mass is 15.0. The molecule has 1 aromatic carbocycles. The van der Waals surface area contributed by atoms with Crippen LogP contribution in [0.2, 0.25) is 0 Å². The van der Waals surface area contributed by atoms with Gasteiger partial charge in [-0.05, 0) is 32.4 Å². The van der Waals surface area contributed by atoms with Crippen LogP contribution in [0.25, 0.3) is 0 Å². The van der Waals surface area contributed by atoms with Crippen molar-refractivity contribution in [2.45, 2.75) is 33.2 Å². The maximum Gasteiger partial charge on any atom is 0.207 e. The first-order valence-electron chi connectivity index (χ1n) is 5.93. The Bertz CT molecular complexity index is 466. The predicted molar refractivity (Wildman–Crippen MR) is 69.4 cm³/mol. The molecule has 2 rings (SSSR count). The van der Waals surface area contributed by atoms with Gasteiger partial charge in [-0.1, -0.05) is 23.8 Å². The van der Waals surface area contributed by atoms with E-state index in [4.69, 9.17) is 0 Å². The summed E-state index contributed by atoms with van der Waals surface area (Å²) in [5.41, 5.74) is 5.39. The third-order valence-electron chi connectivity index (χ3n) is 3.45. The van der Waals surface area contributed by atoms with Crippen molar-refractivity contribution in [2.75, 3.05) is 7.05 Å². The molecule has 1 aliphatic rings. The maximum atomic E-state index is 2.37. The topological polar surface area (TPSA) is 3.01 Å². The zero-order valence-corrected chi connectivity index (χ0v) is 10.6. The molecule has 1 aromatic rings. The summed E-state index contributed by atoms with van der Waals surface area (Å²) in [7, 11) is 2.18. The Labute approximate surface area is 98.1 Å². The number of nitrogens with zero attached hydrogens (tertiary/aromatic N) is 1. The van der Waals surface area contributed by atoms with E-state index in [0.29, 0.717) is 6.04 Å². The molecule has 1 heteroatoms. The van der Waals surface area contributed by atoms with E-state index in [1.54, 1.807) is 0 Å². The van der Waals surface area contributed by atoms with Crippen LogP contribution in [0.15, 0.2) is 30.4 Å². The molecule has 0 bridgehead atoms. The first kappa shape index (κ1) is 11.1. The minimum Gasteiger partial charge on any atom is -0.229 e. The van der Waals surface area contributed by atoms with E-state index in [9.17, 15) is 0 Å². The van der Waals surface area contributed by atoms with Crippen molar-refractivity contribution < 1.29 is 4.58 Å². The van der Waals surface area contributed by atoms with E-state index in [2.05, 4.69) is 62.7 Å². The number of benzene rings is 1. The zero-order valence-electron chi connectivity index (χ0n) is 10.6. The van der Waals surface area contributed by atoms with Gasteiger partial charge in [-0.2, -0.15) is 0 Å². The van der Waals surface area contributed by atoms with Crippen LogP contribution in [0.4, 0.5) is 0 Å². The van der Waals surface area contributed by atoms with Crippen molar-refractivity contribution >= 4 is 5.71 Å². The highest BCUT2D eigenvalue weighted by molar-refractivity contribution is 6.06. The second-order valence-electron chi connectivity index (χ2n) is 4.80. The number of aryl methyl sites for hydroxylation is 2. The van der Waals surface area contributed by atoms with Crippen molar-refractivity contribution in [3.05, 3.63) is 47.0 Å². The monoisotopic (exact) mass is 214 g/mol. The van der Waals surface area contributed by atoms with Crippen LogP contribution in [0.1, 0.15) is 30.0 Å². The molecular weight excluding hydrogens is 194 g/mol. The summed E-state index contributed by atoms with van der Waals surface area (Å²) in [5, 5.41) is 0. The SMILES string of the molecule is Cc1ccc(C2=[N+](C)C(C)CC=C2)c(C)c1. The molecule has 0 radical (unpaired) electrons. The quantitative estimate of drug-likeness (QED) is 0.632. The lowest BCUT2D eigenvalue weighted by molar-refractivity contribution is -0.533. The molecule has 0 saturated heterocycles. The van der Waals surface area contributed by atoms with E-state index in [0.717, 1.165) is 6.42 Å². The van der Waals surface area contributed by atoms with Crippen LogP contribution < -0.4 is 0 Å². The molecule has 0 amide bonds. The molecular formula is C15H20N+. The Kier molecular flexibility index (Phi) is 2.95. The Hall–Kier alpha value is -1.37. The average Bonchev–Trinajstić information content (AvgIpc) is 2.23. The Morgan fingerprint density at radius 2 is 2.00 bits per heavy atom. The van der Waals surface area contributed by atoms with Gasteiger partial charge in [0, 0.05) is 18.1 Å². The maximum absolute atomic E-state index is 2.37. The number of rotatable bonds is 1. The molecule has 0 aliphatic carbocycles. The van der Waals surface area contributed by atoms with E-state index < -0.39 is 0 Å². The highest BCUT2D eigenvalue weighted by Crippen LogP contribution is 2.16. The van der Waals surface area contributed by atoms with Crippen molar-refractivity contribution in [3.8, 4) is 0 Å². The summed E-state index contributed by atoms with van der Waals surface area (Å²) >= 11 is 0. The molecule has 0 saturated carbocycles. The fourth-order valence-electron chi connectivity index (χ4n) is 2.27. The van der Waals surface area contributed by atoms with Crippen LogP contribution in [0.5, 0.6) is 0 Å². The number of allylic oxidation sites excluding steroid dienone is 1. The van der Waals surface area contributed by atoms with Crippen molar-refractivity contribution in [3.63, 3.8) is 0 Å². The van der Waals surface area contributed by atoms with Gasteiger partial charge in [-0.15, -0.1) is 0 Å². The standard InChI is InChI=1S/C15H20N/c1-11-8-9-14(12(2)10-11)15-7-5-6-13(3)16(15)4/h5,7-10,13H,6H2,1-4H3/q+1. The minimum absolute atomic E-state index is 0.598. The normalized spacial score (nSPS) is 20.4. The summed E-state index contributed by atoms with van der Waals surface area (Å²) in [6, 6.07) is 7.28. The Balaban J connectivity index is 2.52. The predicted octanol–water partition coefficient (Wildman–Crippen LogP) is 3.08. The van der Waals surface area contributed by atoms with Gasteiger partial charge in [0.15, 0.2) is 6.04 Å². The Morgan fingerprint density at radius 1 is 1.25 bits per heavy atom. The van der Waals surface area contributed by atoms with Crippen LogP contribution in [-0.4, -0.2) is 23.4 Å². The molecule has 0 aromatic heterocycles. The van der Waals surface area contributed by atoms with E-state index in [1.807, 2.05) is 0 Å². The molecule has 1 aliphatic heterocycles. The van der Waals surface area contributed by atoms with Gasteiger partial charge >= 0.3 is 0 Å². The fourth-order valence-corrected chi connectivity index (χ4v) is 2.27. The molecule has 1 unspecified atom stereocenters. The van der Waals surface area contributed by atoms with Gasteiger partial charge in [0.05, 0.1) is 0 Å². The summed E-state index contributed by atoms with van der Waals surface area (Å²) in [6.07, 6.45) is 5.67. The van der Waals surface area contributed by atoms with Gasteiger partial charge in [0.25, 0.3) is 0 Å². The van der Waals surface area contributed by atoms with E-state index >= 15 is 0 Å². The fraction of sp³-hybridized carbons (Fsp3) is 0.400. The second kappa shape index (κ2) is 4.25. The second-order valence-corrected chi connectivity index (χ2v) is 4.80. The smallest absolute Gasteiger partial charge is 0.207 e. The zero-order chi connectivity index (χ0) is 11.7. The van der Waals surface area contributed by atoms with Crippen LogP contribution in [0, 0.1) is 13.8 Å². The lowest BCUT2D eigenvalue weighted by atomic mass is 9.98.